The van der Waals surface area contributed by atoms with Gasteiger partial charge in [0.1, 0.15) is 5.15 Å². The molecule has 6 heteroatoms. The molecule has 0 spiro atoms. The van der Waals surface area contributed by atoms with Gasteiger partial charge in [0.25, 0.3) is 0 Å². The van der Waals surface area contributed by atoms with Crippen molar-refractivity contribution in [1.29, 1.82) is 0 Å². The molecule has 3 aromatic rings. The first-order valence-electron chi connectivity index (χ1n) is 7.74. The van der Waals surface area contributed by atoms with Crippen molar-refractivity contribution < 1.29 is 4.79 Å². The summed E-state index contributed by atoms with van der Waals surface area (Å²) >= 11 is 14.0. The zero-order chi connectivity index (χ0) is 17.8. The fourth-order valence-electron chi connectivity index (χ4n) is 2.57. The van der Waals surface area contributed by atoms with Gasteiger partial charge < -0.3 is 5.32 Å². The van der Waals surface area contributed by atoms with E-state index in [1.807, 2.05) is 54.8 Å². The van der Waals surface area contributed by atoms with Crippen LogP contribution in [0.3, 0.4) is 0 Å². The van der Waals surface area contributed by atoms with E-state index >= 15 is 0 Å². The predicted molar refractivity (Wildman–Crippen MR) is 103 cm³/mol. The average molecular weight is 391 g/mol. The molecule has 0 radical (unpaired) electrons. The van der Waals surface area contributed by atoms with Crippen LogP contribution in [0, 0.1) is 6.92 Å². The first-order chi connectivity index (χ1) is 12.0. The summed E-state index contributed by atoms with van der Waals surface area (Å²) in [4.78, 5) is 17.9. The largest absolute Gasteiger partial charge is 0.344 e. The molecule has 1 unspecified atom stereocenters. The van der Waals surface area contributed by atoms with E-state index in [4.69, 9.17) is 23.2 Å². The molecule has 0 bridgehead atoms. The molecule has 128 valence electrons. The maximum atomic E-state index is 12.6. The van der Waals surface area contributed by atoms with Crippen molar-refractivity contribution in [2.75, 3.05) is 0 Å². The van der Waals surface area contributed by atoms with Gasteiger partial charge >= 0.3 is 0 Å². The highest BCUT2D eigenvalue weighted by molar-refractivity contribution is 7.10. The van der Waals surface area contributed by atoms with Crippen LogP contribution in [0.5, 0.6) is 0 Å². The maximum Gasteiger partial charge on any atom is 0.225 e. The standard InChI is InChI=1S/C19H16Cl2N2OS/c1-12-10-15(20)14(19(21)22-12)11-17(24)23-18(16-8-5-9-25-16)13-6-3-2-4-7-13/h2-10,18H,11H2,1H3,(H,23,24). The average Bonchev–Trinajstić information content (AvgIpc) is 3.11. The van der Waals surface area contributed by atoms with Crippen molar-refractivity contribution in [2.45, 2.75) is 19.4 Å². The number of hydrogen-bond acceptors (Lipinski definition) is 3. The Labute approximate surface area is 160 Å². The molecule has 2 aromatic heterocycles. The Morgan fingerprint density at radius 1 is 1.20 bits per heavy atom. The molecule has 3 nitrogen and oxygen atoms in total. The third kappa shape index (κ3) is 4.40. The number of carbonyl (C=O) groups excluding carboxylic acids is 1. The molecule has 0 aliphatic carbocycles. The lowest BCUT2D eigenvalue weighted by atomic mass is 10.0. The lowest BCUT2D eigenvalue weighted by molar-refractivity contribution is -0.120. The summed E-state index contributed by atoms with van der Waals surface area (Å²) < 4.78 is 0. The minimum atomic E-state index is -0.204. The topological polar surface area (TPSA) is 42.0 Å². The number of nitrogens with one attached hydrogen (secondary N) is 1. The van der Waals surface area contributed by atoms with E-state index in [0.29, 0.717) is 10.6 Å². The van der Waals surface area contributed by atoms with E-state index in [2.05, 4.69) is 10.3 Å². The number of nitrogens with zero attached hydrogens (tertiary/aromatic N) is 1. The Hall–Kier alpha value is -1.88. The number of pyridine rings is 1. The second kappa shape index (κ2) is 8.00. The smallest absolute Gasteiger partial charge is 0.225 e. The van der Waals surface area contributed by atoms with Crippen LogP contribution in [-0.4, -0.2) is 10.9 Å². The summed E-state index contributed by atoms with van der Waals surface area (Å²) in [5.74, 6) is -0.156. The van der Waals surface area contributed by atoms with Crippen molar-refractivity contribution in [3.8, 4) is 0 Å². The lowest BCUT2D eigenvalue weighted by Crippen LogP contribution is -2.30. The van der Waals surface area contributed by atoms with Gasteiger partial charge in [0.15, 0.2) is 0 Å². The minimum absolute atomic E-state index is 0.0830. The molecular formula is C19H16Cl2N2OS. The van der Waals surface area contributed by atoms with E-state index in [0.717, 1.165) is 16.1 Å². The predicted octanol–water partition coefficient (Wildman–Crippen LogP) is 5.21. The van der Waals surface area contributed by atoms with Crippen LogP contribution < -0.4 is 5.32 Å². The molecule has 0 saturated carbocycles. The highest BCUT2D eigenvalue weighted by atomic mass is 35.5. The number of rotatable bonds is 5. The number of thiophene rings is 1. The second-order valence-electron chi connectivity index (χ2n) is 5.62. The number of halogens is 2. The molecule has 1 atom stereocenters. The normalized spacial score (nSPS) is 12.0. The summed E-state index contributed by atoms with van der Waals surface area (Å²) in [6.45, 7) is 1.81. The molecule has 1 amide bonds. The quantitative estimate of drug-likeness (QED) is 0.607. The summed E-state index contributed by atoms with van der Waals surface area (Å²) in [5, 5.41) is 5.80. The van der Waals surface area contributed by atoms with Gasteiger partial charge in [-0.25, -0.2) is 4.98 Å². The van der Waals surface area contributed by atoms with Crippen LogP contribution in [0.2, 0.25) is 10.2 Å². The van der Waals surface area contributed by atoms with Crippen molar-refractivity contribution in [2.24, 2.45) is 0 Å². The van der Waals surface area contributed by atoms with E-state index in [9.17, 15) is 4.79 Å². The third-order valence-corrected chi connectivity index (χ3v) is 5.34. The van der Waals surface area contributed by atoms with Gasteiger partial charge in [-0.2, -0.15) is 0 Å². The second-order valence-corrected chi connectivity index (χ2v) is 7.36. The summed E-state index contributed by atoms with van der Waals surface area (Å²) in [5.41, 5.74) is 2.29. The van der Waals surface area contributed by atoms with Gasteiger partial charge in [-0.1, -0.05) is 59.6 Å². The summed E-state index contributed by atoms with van der Waals surface area (Å²) in [6, 6.07) is 15.4. The fraction of sp³-hybridized carbons (Fsp3) is 0.158. The number of aromatic nitrogens is 1. The number of hydrogen-bond donors (Lipinski definition) is 1. The monoisotopic (exact) mass is 390 g/mol. The first-order valence-corrected chi connectivity index (χ1v) is 9.37. The highest BCUT2D eigenvalue weighted by Crippen LogP contribution is 2.27. The van der Waals surface area contributed by atoms with Gasteiger partial charge in [-0.05, 0) is 30.0 Å². The Morgan fingerprint density at radius 2 is 1.96 bits per heavy atom. The third-order valence-electron chi connectivity index (χ3n) is 3.75. The molecule has 2 heterocycles. The number of amides is 1. The maximum absolute atomic E-state index is 12.6. The summed E-state index contributed by atoms with van der Waals surface area (Å²) in [6.07, 6.45) is 0.0830. The van der Waals surface area contributed by atoms with Crippen LogP contribution in [0.1, 0.15) is 27.7 Å². The van der Waals surface area contributed by atoms with Crippen molar-refractivity contribution in [3.05, 3.63) is 85.8 Å². The highest BCUT2D eigenvalue weighted by Gasteiger charge is 2.20. The zero-order valence-corrected chi connectivity index (χ0v) is 15.8. The van der Waals surface area contributed by atoms with Gasteiger partial charge in [0.2, 0.25) is 5.91 Å². The van der Waals surface area contributed by atoms with Crippen molar-refractivity contribution in [3.63, 3.8) is 0 Å². The minimum Gasteiger partial charge on any atom is -0.344 e. The molecule has 0 fully saturated rings. The molecule has 0 aliphatic rings. The van der Waals surface area contributed by atoms with Gasteiger partial charge in [0, 0.05) is 21.2 Å². The van der Waals surface area contributed by atoms with Crippen molar-refractivity contribution >= 4 is 40.4 Å². The van der Waals surface area contributed by atoms with Crippen LogP contribution >= 0.6 is 34.5 Å². The van der Waals surface area contributed by atoms with Crippen LogP contribution in [-0.2, 0) is 11.2 Å². The summed E-state index contributed by atoms with van der Waals surface area (Å²) in [7, 11) is 0. The fourth-order valence-corrected chi connectivity index (χ4v) is 4.04. The van der Waals surface area contributed by atoms with Crippen LogP contribution in [0.25, 0.3) is 0 Å². The molecular weight excluding hydrogens is 375 g/mol. The van der Waals surface area contributed by atoms with E-state index in [1.54, 1.807) is 17.4 Å². The Morgan fingerprint density at radius 3 is 2.60 bits per heavy atom. The van der Waals surface area contributed by atoms with Gasteiger partial charge in [-0.15, -0.1) is 11.3 Å². The van der Waals surface area contributed by atoms with Gasteiger partial charge in [0.05, 0.1) is 12.5 Å². The molecule has 3 rings (SSSR count). The molecule has 0 saturated heterocycles. The molecule has 0 aliphatic heterocycles. The Bertz CT molecular complexity index is 843. The van der Waals surface area contributed by atoms with E-state index < -0.39 is 0 Å². The number of benzene rings is 1. The molecule has 1 N–H and O–H groups in total. The molecule has 1 aromatic carbocycles. The van der Waals surface area contributed by atoms with Crippen LogP contribution in [0.4, 0.5) is 0 Å². The van der Waals surface area contributed by atoms with E-state index in [-0.39, 0.29) is 23.5 Å². The number of carbonyl (C=O) groups is 1. The van der Waals surface area contributed by atoms with E-state index in [1.165, 1.54) is 0 Å². The molecule has 25 heavy (non-hydrogen) atoms. The Kier molecular flexibility index (Phi) is 5.74. The SMILES string of the molecule is Cc1cc(Cl)c(CC(=O)NC(c2ccccc2)c2cccs2)c(Cl)n1. The Balaban J connectivity index is 1.82. The lowest BCUT2D eigenvalue weighted by Gasteiger charge is -2.18. The van der Waals surface area contributed by atoms with Gasteiger partial charge in [-0.3, -0.25) is 4.79 Å². The number of aryl methyl sites for hydroxylation is 1. The first kappa shape index (κ1) is 17.9. The zero-order valence-electron chi connectivity index (χ0n) is 13.5. The van der Waals surface area contributed by atoms with Crippen LogP contribution in [0.15, 0.2) is 53.9 Å². The van der Waals surface area contributed by atoms with Crippen molar-refractivity contribution in [1.82, 2.24) is 10.3 Å².